The number of nitrogens with zero attached hydrogens (tertiary/aromatic N) is 6. The largest absolute Gasteiger partial charge is 0.459 e. The minimum atomic E-state index is -3.15. The summed E-state index contributed by atoms with van der Waals surface area (Å²) in [6.07, 6.45) is 2.04. The Kier molecular flexibility index (Phi) is 10.6. The number of fused-ring (bicyclic) bond motifs is 1. The summed E-state index contributed by atoms with van der Waals surface area (Å²) < 4.78 is 37.8. The lowest BCUT2D eigenvalue weighted by atomic mass is 9.91. The molecule has 3 aromatic rings. The summed E-state index contributed by atoms with van der Waals surface area (Å²) in [7, 11) is 5.60. The van der Waals surface area contributed by atoms with Gasteiger partial charge in [0.1, 0.15) is 5.56 Å². The number of aryl methyl sites for hydroxylation is 1. The number of rotatable bonds is 13. The number of anilines is 6. The number of nitrogens with one attached hydrogen (secondary N) is 2. The molecule has 0 atom stereocenters. The molecule has 47 heavy (non-hydrogen) atoms. The van der Waals surface area contributed by atoms with Crippen LogP contribution in [-0.2, 0) is 14.9 Å². The van der Waals surface area contributed by atoms with Crippen molar-refractivity contribution in [3.63, 3.8) is 0 Å². The molecule has 0 saturated heterocycles. The number of benzene rings is 1. The molecule has 1 aromatic carbocycles. The van der Waals surface area contributed by atoms with Gasteiger partial charge in [0.25, 0.3) is 0 Å². The van der Waals surface area contributed by atoms with Crippen LogP contribution in [0, 0.1) is 6.92 Å². The van der Waals surface area contributed by atoms with Crippen LogP contribution in [0.2, 0.25) is 0 Å². The average molecular weight is 653 g/mol. The topological polar surface area (TPSA) is 125 Å². The number of carbonyl (C=O) groups excluding carboxylic acids is 2. The van der Waals surface area contributed by atoms with Crippen molar-refractivity contribution in [2.45, 2.75) is 52.7 Å². The van der Waals surface area contributed by atoms with E-state index >= 15 is 0 Å². The van der Waals surface area contributed by atoms with Crippen molar-refractivity contribution in [3.8, 4) is 5.75 Å². The molecular weight excluding hydrogens is 610 g/mol. The van der Waals surface area contributed by atoms with Crippen LogP contribution in [0.25, 0.3) is 0 Å². The van der Waals surface area contributed by atoms with Gasteiger partial charge in [-0.25, -0.2) is 9.78 Å². The molecule has 2 N–H and O–H groups in total. The van der Waals surface area contributed by atoms with E-state index in [-0.39, 0.29) is 34.2 Å². The lowest BCUT2D eigenvalue weighted by molar-refractivity contribution is -0.111. The second-order valence-corrected chi connectivity index (χ2v) is 12.5. The first-order valence-corrected chi connectivity index (χ1v) is 15.1. The quantitative estimate of drug-likeness (QED) is 0.176. The highest BCUT2D eigenvalue weighted by Gasteiger charge is 2.40. The van der Waals surface area contributed by atoms with Gasteiger partial charge in [-0.2, -0.15) is 13.8 Å². The van der Waals surface area contributed by atoms with E-state index in [9.17, 15) is 18.4 Å². The van der Waals surface area contributed by atoms with Crippen molar-refractivity contribution < 1.29 is 27.8 Å². The normalized spacial score (nSPS) is 13.5. The van der Waals surface area contributed by atoms with E-state index < -0.39 is 24.6 Å². The van der Waals surface area contributed by atoms with E-state index in [0.717, 1.165) is 23.2 Å². The molecule has 1 aliphatic rings. The maximum atomic E-state index is 13.7. The predicted molar refractivity (Wildman–Crippen MR) is 179 cm³/mol. The number of likely N-dealkylation sites (N-methyl/N-ethyl adjacent to an activating group) is 2. The second kappa shape index (κ2) is 14.3. The Morgan fingerprint density at radius 1 is 1.13 bits per heavy atom. The highest BCUT2D eigenvalue weighted by molar-refractivity contribution is 6.02. The fraction of sp³-hybridized carbons (Fsp3) is 0.424. The first kappa shape index (κ1) is 35.0. The van der Waals surface area contributed by atoms with Gasteiger partial charge in [0.2, 0.25) is 11.9 Å². The molecular formula is C33H42F2N8O4. The van der Waals surface area contributed by atoms with Gasteiger partial charge in [-0.3, -0.25) is 9.78 Å². The zero-order valence-corrected chi connectivity index (χ0v) is 28.0. The van der Waals surface area contributed by atoms with Gasteiger partial charge in [0.15, 0.2) is 11.6 Å². The molecule has 14 heteroatoms. The second-order valence-electron chi connectivity index (χ2n) is 12.5. The van der Waals surface area contributed by atoms with E-state index in [1.165, 1.54) is 18.3 Å². The summed E-state index contributed by atoms with van der Waals surface area (Å²) in [5.74, 6) is -1.08. The standard InChI is InChI=1S/C33H42F2N8O4/c1-10-27(44)38-22-15-23(26(47-31(34)35)16-25(22)42(9)14-13-41(7)8)39-32-36-17-21(30(45)46-19(2)3)29(40-32)43-18-33(5,6)28-24(43)12-11-20(4)37-28/h10-12,15-17,19,31H,1,13-14,18H2,2-9H3,(H,38,44)(H,36,39,40). The third-order valence-corrected chi connectivity index (χ3v) is 7.38. The van der Waals surface area contributed by atoms with Crippen LogP contribution in [-0.4, -0.2) is 85.2 Å². The van der Waals surface area contributed by atoms with Crippen molar-refractivity contribution in [2.75, 3.05) is 61.2 Å². The SMILES string of the molecule is C=CC(=O)Nc1cc(Nc2ncc(C(=O)OC(C)C)c(N3CC(C)(C)c4nc(C)ccc43)n2)c(OC(F)F)cc1N(C)CCN(C)C. The number of ether oxygens (including phenoxy) is 2. The fourth-order valence-corrected chi connectivity index (χ4v) is 5.12. The number of amides is 1. The highest BCUT2D eigenvalue weighted by Crippen LogP contribution is 2.44. The van der Waals surface area contributed by atoms with E-state index in [1.807, 2.05) is 47.9 Å². The fourth-order valence-electron chi connectivity index (χ4n) is 5.12. The number of alkyl halides is 2. The number of pyridine rings is 1. The molecule has 0 fully saturated rings. The van der Waals surface area contributed by atoms with Gasteiger partial charge >= 0.3 is 12.6 Å². The number of esters is 1. The Morgan fingerprint density at radius 2 is 1.85 bits per heavy atom. The zero-order chi connectivity index (χ0) is 34.6. The minimum Gasteiger partial charge on any atom is -0.459 e. The number of aromatic nitrogens is 3. The lowest BCUT2D eigenvalue weighted by Crippen LogP contribution is -2.29. The summed E-state index contributed by atoms with van der Waals surface area (Å²) in [4.78, 5) is 45.1. The van der Waals surface area contributed by atoms with E-state index in [4.69, 9.17) is 19.4 Å². The molecule has 0 bridgehead atoms. The number of hydrogen-bond donors (Lipinski definition) is 2. The van der Waals surface area contributed by atoms with Crippen LogP contribution in [0.15, 0.2) is 43.1 Å². The van der Waals surface area contributed by atoms with Gasteiger partial charge in [-0.1, -0.05) is 20.4 Å². The van der Waals surface area contributed by atoms with E-state index in [1.54, 1.807) is 20.9 Å². The lowest BCUT2D eigenvalue weighted by Gasteiger charge is -2.26. The summed E-state index contributed by atoms with van der Waals surface area (Å²) >= 11 is 0. The molecule has 0 saturated carbocycles. The van der Waals surface area contributed by atoms with Crippen LogP contribution in [0.1, 0.15) is 49.4 Å². The molecule has 252 valence electrons. The molecule has 3 heterocycles. The minimum absolute atomic E-state index is 0.0127. The molecule has 4 rings (SSSR count). The average Bonchev–Trinajstić information content (AvgIpc) is 3.25. The van der Waals surface area contributed by atoms with Gasteiger partial charge in [-0.15, -0.1) is 0 Å². The summed E-state index contributed by atoms with van der Waals surface area (Å²) in [6, 6.07) is 6.68. The Hall–Kier alpha value is -4.85. The number of hydrogen-bond acceptors (Lipinski definition) is 11. The van der Waals surface area contributed by atoms with Crippen LogP contribution < -0.4 is 25.2 Å². The third kappa shape index (κ3) is 8.30. The van der Waals surface area contributed by atoms with E-state index in [0.29, 0.717) is 31.0 Å². The summed E-state index contributed by atoms with van der Waals surface area (Å²) in [6.45, 7) is 11.5. The maximum absolute atomic E-state index is 13.7. The van der Waals surface area contributed by atoms with E-state index in [2.05, 4.69) is 36.0 Å². The molecule has 12 nitrogen and oxygen atoms in total. The Morgan fingerprint density at radius 3 is 2.49 bits per heavy atom. The van der Waals surface area contributed by atoms with Crippen LogP contribution in [0.3, 0.4) is 0 Å². The first-order chi connectivity index (χ1) is 22.1. The smallest absolute Gasteiger partial charge is 0.387 e. The highest BCUT2D eigenvalue weighted by atomic mass is 19.3. The number of halogens is 2. The van der Waals surface area contributed by atoms with Crippen molar-refractivity contribution in [2.24, 2.45) is 0 Å². The van der Waals surface area contributed by atoms with Crippen molar-refractivity contribution >= 4 is 46.4 Å². The molecule has 1 amide bonds. The Labute approximate surface area is 273 Å². The zero-order valence-electron chi connectivity index (χ0n) is 28.0. The first-order valence-electron chi connectivity index (χ1n) is 15.1. The van der Waals surface area contributed by atoms with Gasteiger partial charge < -0.3 is 34.8 Å². The molecule has 0 spiro atoms. The molecule has 1 aliphatic heterocycles. The van der Waals surface area contributed by atoms with Gasteiger partial charge in [0.05, 0.1) is 34.5 Å². The van der Waals surface area contributed by atoms with Crippen LogP contribution >= 0.6 is 0 Å². The van der Waals surface area contributed by atoms with Crippen molar-refractivity contribution in [1.29, 1.82) is 0 Å². The third-order valence-electron chi connectivity index (χ3n) is 7.38. The van der Waals surface area contributed by atoms with Crippen molar-refractivity contribution in [3.05, 3.63) is 60.1 Å². The van der Waals surface area contributed by atoms with Crippen LogP contribution in [0.5, 0.6) is 5.75 Å². The maximum Gasteiger partial charge on any atom is 0.387 e. The molecule has 0 unspecified atom stereocenters. The molecule has 0 radical (unpaired) electrons. The van der Waals surface area contributed by atoms with Gasteiger partial charge in [0, 0.05) is 50.1 Å². The number of carbonyl (C=O) groups is 2. The van der Waals surface area contributed by atoms with Crippen LogP contribution in [0.4, 0.5) is 43.3 Å². The monoisotopic (exact) mass is 652 g/mol. The molecule has 2 aromatic heterocycles. The molecule has 0 aliphatic carbocycles. The summed E-state index contributed by atoms with van der Waals surface area (Å²) in [5, 5.41) is 5.72. The Bertz CT molecular complexity index is 1650. The van der Waals surface area contributed by atoms with Crippen molar-refractivity contribution in [1.82, 2.24) is 19.9 Å². The summed E-state index contributed by atoms with van der Waals surface area (Å²) in [5.41, 5.74) is 3.01. The Balaban J connectivity index is 1.84. The van der Waals surface area contributed by atoms with Gasteiger partial charge in [-0.05, 0) is 59.1 Å². The predicted octanol–water partition coefficient (Wildman–Crippen LogP) is 5.64.